The minimum atomic E-state index is -0.217. The van der Waals surface area contributed by atoms with Gasteiger partial charge in [0.15, 0.2) is 0 Å². The minimum Gasteiger partial charge on any atom is -1.00 e. The lowest BCUT2D eigenvalue weighted by atomic mass is 10.1. The normalized spacial score (nSPS) is 20.5. The van der Waals surface area contributed by atoms with Crippen LogP contribution in [0.3, 0.4) is 0 Å². The highest BCUT2D eigenvalue weighted by Gasteiger charge is 2.27. The molecule has 10 nitrogen and oxygen atoms in total. The summed E-state index contributed by atoms with van der Waals surface area (Å²) in [5.41, 5.74) is 3.21. The Bertz CT molecular complexity index is 1940. The fourth-order valence-corrected chi connectivity index (χ4v) is 8.61. The molecule has 0 fully saturated rings. The molecule has 5 rings (SSSR count). The molecule has 0 unspecified atom stereocenters. The highest BCUT2D eigenvalue weighted by molar-refractivity contribution is 5.14. The number of fused-ring (bicyclic) bond motifs is 4. The molecule has 2 aromatic heterocycles. The number of aromatic nitrogens is 4. The van der Waals surface area contributed by atoms with E-state index in [1.165, 1.54) is 20.3 Å². The average Bonchev–Trinajstić information content (AvgIpc) is 3.16. The van der Waals surface area contributed by atoms with Crippen molar-refractivity contribution in [2.45, 2.75) is 118 Å². The molecule has 3 heterocycles. The van der Waals surface area contributed by atoms with Gasteiger partial charge in [0.05, 0.1) is 39.3 Å². The number of nitrogens with zero attached hydrogens (tertiary/aromatic N) is 6. The Morgan fingerprint density at radius 3 is 1.07 bits per heavy atom. The second-order valence-electron chi connectivity index (χ2n) is 15.7. The highest BCUT2D eigenvalue weighted by Crippen LogP contribution is 2.20. The van der Waals surface area contributed by atoms with E-state index in [1.54, 1.807) is 21.3 Å². The smallest absolute Gasteiger partial charge is 0.331 e. The molecule has 0 aliphatic carbocycles. The molecule has 56 heavy (non-hydrogen) atoms. The van der Waals surface area contributed by atoms with Gasteiger partial charge >= 0.3 is 11.4 Å². The maximum Gasteiger partial charge on any atom is 0.331 e. The zero-order valence-electron chi connectivity index (χ0n) is 34.1. The first kappa shape index (κ1) is 47.1. The number of halogens is 2. The summed E-state index contributed by atoms with van der Waals surface area (Å²) < 4.78 is 8.28. The van der Waals surface area contributed by atoms with E-state index in [1.807, 2.05) is 19.9 Å². The highest BCUT2D eigenvalue weighted by atomic mass is 79.9. The molecule has 1 aliphatic rings. The predicted octanol–water partition coefficient (Wildman–Crippen LogP) is -0.133. The first-order valence-corrected chi connectivity index (χ1v) is 20.5. The molecule has 308 valence electrons. The number of aryl methyl sites for hydroxylation is 2. The standard InChI is InChI=1S/C44H64N6O4.2BrH/c1-5-49(35-39-21-9-7-10-22-39)29-17-13-25-45-37(3)33-41(51)47(43(45)53)27-15-19-31-50(6-2,36-40-23-11-8-12-24-40)32-20-16-28-48-42(52)34-38(4)46(44(48)54)26-14-18-30-49;;/h7-12,21-24,33-34H,5-6,13-20,25-32,35-36H2,1-4H3;2*1H/q+2;;/p-2. The third-order valence-electron chi connectivity index (χ3n) is 12.1. The van der Waals surface area contributed by atoms with Gasteiger partial charge in [-0.25, -0.2) is 9.59 Å². The summed E-state index contributed by atoms with van der Waals surface area (Å²) in [4.78, 5) is 53.8. The Morgan fingerprint density at radius 2 is 0.768 bits per heavy atom. The molecule has 0 radical (unpaired) electrons. The molecule has 1 aliphatic heterocycles. The summed E-state index contributed by atoms with van der Waals surface area (Å²) in [5, 5.41) is 0. The van der Waals surface area contributed by atoms with Crippen LogP contribution in [0.4, 0.5) is 0 Å². The fraction of sp³-hybridized carbons (Fsp3) is 0.545. The van der Waals surface area contributed by atoms with Gasteiger partial charge in [0, 0.05) is 60.8 Å². The van der Waals surface area contributed by atoms with Crippen LogP contribution in [-0.4, -0.2) is 66.5 Å². The van der Waals surface area contributed by atoms with Crippen molar-refractivity contribution in [1.82, 2.24) is 18.3 Å². The van der Waals surface area contributed by atoms with Crippen LogP contribution in [0.5, 0.6) is 0 Å². The summed E-state index contributed by atoms with van der Waals surface area (Å²) in [7, 11) is 0. The van der Waals surface area contributed by atoms with Crippen molar-refractivity contribution >= 4 is 0 Å². The van der Waals surface area contributed by atoms with E-state index in [4.69, 9.17) is 0 Å². The van der Waals surface area contributed by atoms with Crippen molar-refractivity contribution < 1.29 is 42.9 Å². The van der Waals surface area contributed by atoms with Gasteiger partial charge in [-0.05, 0) is 79.1 Å². The SMILES string of the molecule is CC[N+]1(Cc2ccccc2)CCCCn2c(C)cc(=O)n(c2=O)CCCC[N+](CC)(Cc2ccccc2)CCCCn2c(=O)cc(C)n(c2=O)CCCC1.[Br-].[Br-]. The molecule has 2 aromatic carbocycles. The van der Waals surface area contributed by atoms with Crippen LogP contribution < -0.4 is 56.5 Å². The first-order valence-electron chi connectivity index (χ1n) is 20.5. The Balaban J connectivity index is 0.00000420. The van der Waals surface area contributed by atoms with Gasteiger partial charge in [0.2, 0.25) is 0 Å². The van der Waals surface area contributed by atoms with Gasteiger partial charge in [-0.3, -0.25) is 27.9 Å². The predicted molar refractivity (Wildman–Crippen MR) is 218 cm³/mol. The maximum absolute atomic E-state index is 13.8. The van der Waals surface area contributed by atoms with Crippen molar-refractivity contribution in [1.29, 1.82) is 0 Å². The average molecular weight is 901 g/mol. The quantitative estimate of drug-likeness (QED) is 0.253. The fourth-order valence-electron chi connectivity index (χ4n) is 8.61. The van der Waals surface area contributed by atoms with E-state index in [2.05, 4.69) is 68.4 Å². The lowest BCUT2D eigenvalue weighted by molar-refractivity contribution is -0.939. The van der Waals surface area contributed by atoms with Gasteiger partial charge in [-0.2, -0.15) is 0 Å². The summed E-state index contributed by atoms with van der Waals surface area (Å²) in [6.45, 7) is 17.7. The van der Waals surface area contributed by atoms with E-state index in [0.717, 1.165) is 124 Å². The van der Waals surface area contributed by atoms with Crippen molar-refractivity contribution in [2.75, 3.05) is 39.3 Å². The van der Waals surface area contributed by atoms with Crippen molar-refractivity contribution in [3.63, 3.8) is 0 Å². The number of quaternary nitrogens is 2. The van der Waals surface area contributed by atoms with Crippen LogP contribution in [0.15, 0.2) is 92.0 Å². The summed E-state index contributed by atoms with van der Waals surface area (Å²) in [6, 6.07) is 24.5. The molecular formula is C44H64Br2N6O4. The van der Waals surface area contributed by atoms with E-state index in [9.17, 15) is 19.2 Å². The first-order chi connectivity index (χ1) is 26.1. The maximum atomic E-state index is 13.8. The molecule has 0 spiro atoms. The summed E-state index contributed by atoms with van der Waals surface area (Å²) in [6.07, 6.45) is 6.82. The van der Waals surface area contributed by atoms with Gasteiger partial charge in [0.1, 0.15) is 13.1 Å². The zero-order chi connectivity index (χ0) is 38.6. The van der Waals surface area contributed by atoms with E-state index in [0.29, 0.717) is 26.2 Å². The van der Waals surface area contributed by atoms with Crippen molar-refractivity contribution in [3.05, 3.63) is 137 Å². The molecular weight excluding hydrogens is 836 g/mol. The third kappa shape index (κ3) is 12.3. The molecule has 12 heteroatoms. The van der Waals surface area contributed by atoms with Crippen LogP contribution in [-0.2, 0) is 39.3 Å². The Hall–Kier alpha value is -3.32. The Kier molecular flexibility index (Phi) is 19.0. The number of hydrogen-bond acceptors (Lipinski definition) is 4. The molecule has 0 atom stereocenters. The van der Waals surface area contributed by atoms with Gasteiger partial charge in [0.25, 0.3) is 11.1 Å². The summed E-state index contributed by atoms with van der Waals surface area (Å²) >= 11 is 0. The monoisotopic (exact) mass is 898 g/mol. The minimum absolute atomic E-state index is 0. The summed E-state index contributed by atoms with van der Waals surface area (Å²) in [5.74, 6) is 0. The number of hydrogen-bond donors (Lipinski definition) is 0. The molecule has 0 saturated carbocycles. The van der Waals surface area contributed by atoms with Crippen LogP contribution in [0.1, 0.15) is 87.7 Å². The zero-order valence-corrected chi connectivity index (χ0v) is 37.3. The molecule has 0 N–H and O–H groups in total. The number of benzene rings is 2. The lowest BCUT2D eigenvalue weighted by Gasteiger charge is -2.38. The molecule has 4 bridgehead atoms. The van der Waals surface area contributed by atoms with Crippen LogP contribution in [0, 0.1) is 13.8 Å². The van der Waals surface area contributed by atoms with Crippen LogP contribution in [0.25, 0.3) is 0 Å². The largest absolute Gasteiger partial charge is 1.00 e. The van der Waals surface area contributed by atoms with E-state index in [-0.39, 0.29) is 56.5 Å². The molecule has 0 amide bonds. The van der Waals surface area contributed by atoms with Crippen molar-refractivity contribution in [3.8, 4) is 0 Å². The second kappa shape index (κ2) is 22.6. The van der Waals surface area contributed by atoms with Crippen LogP contribution >= 0.6 is 0 Å². The van der Waals surface area contributed by atoms with Gasteiger partial charge in [-0.15, -0.1) is 0 Å². The molecule has 0 saturated heterocycles. The topological polar surface area (TPSA) is 88.0 Å². The lowest BCUT2D eigenvalue weighted by Crippen LogP contribution is -3.00. The second-order valence-corrected chi connectivity index (χ2v) is 15.7. The Labute approximate surface area is 354 Å². The number of rotatable bonds is 6. The van der Waals surface area contributed by atoms with Crippen molar-refractivity contribution in [2.24, 2.45) is 0 Å². The van der Waals surface area contributed by atoms with E-state index < -0.39 is 0 Å². The van der Waals surface area contributed by atoms with E-state index >= 15 is 0 Å². The van der Waals surface area contributed by atoms with Crippen LogP contribution in [0.2, 0.25) is 0 Å². The van der Waals surface area contributed by atoms with Gasteiger partial charge < -0.3 is 42.9 Å². The van der Waals surface area contributed by atoms with Gasteiger partial charge in [-0.1, -0.05) is 60.7 Å². The molecule has 4 aromatic rings. The Morgan fingerprint density at radius 1 is 0.464 bits per heavy atom. The third-order valence-corrected chi connectivity index (χ3v) is 12.1.